The van der Waals surface area contributed by atoms with Gasteiger partial charge in [0.05, 0.1) is 18.1 Å². The molecule has 3 unspecified atom stereocenters. The minimum absolute atomic E-state index is 0.0214. The molecule has 1 N–H and O–H groups in total. The number of nitrogens with one attached hydrogen (secondary N) is 1. The molecule has 5 heterocycles. The number of imidazole rings is 1. The number of nitrogens with zero attached hydrogens (tertiary/aromatic N) is 3. The van der Waals surface area contributed by atoms with Crippen LogP contribution in [-0.2, 0) is 9.53 Å². The Morgan fingerprint density at radius 3 is 2.84 bits per heavy atom. The molecule has 0 saturated carbocycles. The maximum atomic E-state index is 12.9. The summed E-state index contributed by atoms with van der Waals surface area (Å²) in [6.45, 7) is 0. The van der Waals surface area contributed by atoms with Crippen LogP contribution in [0, 0.1) is 5.92 Å². The van der Waals surface area contributed by atoms with Crippen LogP contribution in [0.25, 0.3) is 16.9 Å². The van der Waals surface area contributed by atoms with Gasteiger partial charge in [-0.1, -0.05) is 6.07 Å². The van der Waals surface area contributed by atoms with Crippen molar-refractivity contribution >= 4 is 17.4 Å². The van der Waals surface area contributed by atoms with Crippen molar-refractivity contribution in [3.63, 3.8) is 0 Å². The van der Waals surface area contributed by atoms with Gasteiger partial charge in [0.15, 0.2) is 0 Å². The average molecular weight is 334 g/mol. The molecule has 6 nitrogen and oxygen atoms in total. The van der Waals surface area contributed by atoms with Crippen LogP contribution in [0.4, 0.5) is 5.82 Å². The molecule has 5 rings (SSSR count). The quantitative estimate of drug-likeness (QED) is 0.800. The van der Waals surface area contributed by atoms with E-state index in [4.69, 9.17) is 9.72 Å². The highest BCUT2D eigenvalue weighted by Crippen LogP contribution is 2.39. The number of carbonyl (C=O) groups is 1. The van der Waals surface area contributed by atoms with Gasteiger partial charge in [-0.3, -0.25) is 14.2 Å². The third-order valence-corrected chi connectivity index (χ3v) is 5.17. The fraction of sp³-hybridized carbons (Fsp3) is 0.316. The number of anilines is 1. The molecule has 25 heavy (non-hydrogen) atoms. The highest BCUT2D eigenvalue weighted by molar-refractivity contribution is 5.96. The lowest BCUT2D eigenvalue weighted by Crippen LogP contribution is -2.31. The van der Waals surface area contributed by atoms with Gasteiger partial charge in [-0.15, -0.1) is 0 Å². The highest BCUT2D eigenvalue weighted by Gasteiger charge is 2.44. The number of rotatable bonds is 3. The minimum Gasteiger partial charge on any atom is -0.374 e. The SMILES string of the molecule is O=C(Nc1c(-c2ccncc2)nc2ccccn12)C1CC2CCC1O2. The Bertz CT molecular complexity index is 937. The van der Waals surface area contributed by atoms with Crippen LogP contribution < -0.4 is 5.32 Å². The summed E-state index contributed by atoms with van der Waals surface area (Å²) in [6.07, 6.45) is 8.57. The van der Waals surface area contributed by atoms with E-state index in [0.29, 0.717) is 5.82 Å². The Hall–Kier alpha value is -2.73. The second-order valence-electron chi connectivity index (χ2n) is 6.68. The van der Waals surface area contributed by atoms with E-state index in [1.54, 1.807) is 12.4 Å². The zero-order chi connectivity index (χ0) is 16.8. The Kier molecular flexibility index (Phi) is 3.31. The van der Waals surface area contributed by atoms with E-state index in [2.05, 4.69) is 10.3 Å². The zero-order valence-corrected chi connectivity index (χ0v) is 13.6. The Morgan fingerprint density at radius 1 is 1.20 bits per heavy atom. The number of fused-ring (bicyclic) bond motifs is 3. The van der Waals surface area contributed by atoms with E-state index >= 15 is 0 Å². The number of pyridine rings is 2. The summed E-state index contributed by atoms with van der Waals surface area (Å²) in [7, 11) is 0. The molecular weight excluding hydrogens is 316 g/mol. The number of amides is 1. The van der Waals surface area contributed by atoms with Crippen molar-refractivity contribution in [1.29, 1.82) is 0 Å². The number of hydrogen-bond acceptors (Lipinski definition) is 4. The molecule has 2 saturated heterocycles. The largest absolute Gasteiger partial charge is 0.374 e. The van der Waals surface area contributed by atoms with E-state index in [1.165, 1.54) is 0 Å². The van der Waals surface area contributed by atoms with Gasteiger partial charge in [-0.05, 0) is 43.5 Å². The van der Waals surface area contributed by atoms with Crippen LogP contribution in [0.3, 0.4) is 0 Å². The van der Waals surface area contributed by atoms with Crippen molar-refractivity contribution in [1.82, 2.24) is 14.4 Å². The number of carbonyl (C=O) groups excluding carboxylic acids is 1. The van der Waals surface area contributed by atoms with Crippen molar-refractivity contribution in [2.24, 2.45) is 5.92 Å². The summed E-state index contributed by atoms with van der Waals surface area (Å²) in [5.74, 6) is 0.654. The second-order valence-corrected chi connectivity index (χ2v) is 6.68. The predicted molar refractivity (Wildman–Crippen MR) is 93.1 cm³/mol. The van der Waals surface area contributed by atoms with Crippen molar-refractivity contribution in [3.05, 3.63) is 48.9 Å². The first-order valence-electron chi connectivity index (χ1n) is 8.63. The van der Waals surface area contributed by atoms with Crippen LogP contribution in [-0.4, -0.2) is 32.5 Å². The second kappa shape index (κ2) is 5.67. The summed E-state index contributed by atoms with van der Waals surface area (Å²) in [6, 6.07) is 9.60. The zero-order valence-electron chi connectivity index (χ0n) is 13.6. The lowest BCUT2D eigenvalue weighted by atomic mass is 9.88. The van der Waals surface area contributed by atoms with Gasteiger partial charge in [0.2, 0.25) is 5.91 Å². The number of ether oxygens (including phenoxy) is 1. The first-order chi connectivity index (χ1) is 12.3. The molecule has 3 aromatic rings. The van der Waals surface area contributed by atoms with Crippen molar-refractivity contribution in [2.45, 2.75) is 31.5 Å². The van der Waals surface area contributed by atoms with E-state index in [1.807, 2.05) is 40.9 Å². The minimum atomic E-state index is -0.0710. The molecule has 3 aromatic heterocycles. The van der Waals surface area contributed by atoms with E-state index in [0.717, 1.165) is 36.2 Å². The molecule has 2 fully saturated rings. The molecule has 2 aliphatic heterocycles. The standard InChI is InChI=1S/C19H18N4O2/c24-19(14-11-13-4-5-15(14)25-13)22-18-17(12-6-8-20-9-7-12)21-16-3-1-2-10-23(16)18/h1-3,6-10,13-15H,4-5,11H2,(H,22,24). The molecule has 2 bridgehead atoms. The van der Waals surface area contributed by atoms with Gasteiger partial charge in [-0.2, -0.15) is 0 Å². The summed E-state index contributed by atoms with van der Waals surface area (Å²) < 4.78 is 7.75. The number of hydrogen-bond donors (Lipinski definition) is 1. The van der Waals surface area contributed by atoms with Crippen LogP contribution in [0.5, 0.6) is 0 Å². The summed E-state index contributed by atoms with van der Waals surface area (Å²) in [4.78, 5) is 21.7. The molecule has 0 spiro atoms. The molecule has 3 atom stereocenters. The fourth-order valence-corrected chi connectivity index (χ4v) is 3.95. The van der Waals surface area contributed by atoms with Gasteiger partial charge in [-0.25, -0.2) is 4.98 Å². The summed E-state index contributed by atoms with van der Waals surface area (Å²) in [5.41, 5.74) is 2.48. The topological polar surface area (TPSA) is 68.5 Å². The number of aromatic nitrogens is 3. The van der Waals surface area contributed by atoms with E-state index < -0.39 is 0 Å². The Morgan fingerprint density at radius 2 is 2.08 bits per heavy atom. The predicted octanol–water partition coefficient (Wildman–Crippen LogP) is 2.90. The van der Waals surface area contributed by atoms with Crippen molar-refractivity contribution in [2.75, 3.05) is 5.32 Å². The van der Waals surface area contributed by atoms with Crippen molar-refractivity contribution in [3.8, 4) is 11.3 Å². The van der Waals surface area contributed by atoms with Gasteiger partial charge >= 0.3 is 0 Å². The normalized spacial score (nSPS) is 24.7. The first-order valence-corrected chi connectivity index (χ1v) is 8.63. The first kappa shape index (κ1) is 14.6. The summed E-state index contributed by atoms with van der Waals surface area (Å²) in [5, 5.41) is 3.12. The molecule has 1 amide bonds. The van der Waals surface area contributed by atoms with Gasteiger partial charge in [0.1, 0.15) is 17.2 Å². The maximum Gasteiger partial charge on any atom is 0.231 e. The van der Waals surface area contributed by atoms with Crippen LogP contribution >= 0.6 is 0 Å². The molecule has 0 aliphatic carbocycles. The van der Waals surface area contributed by atoms with Crippen LogP contribution in [0.1, 0.15) is 19.3 Å². The third kappa shape index (κ3) is 2.41. The monoisotopic (exact) mass is 334 g/mol. The van der Waals surface area contributed by atoms with Crippen LogP contribution in [0.15, 0.2) is 48.9 Å². The molecule has 0 aromatic carbocycles. The lowest BCUT2D eigenvalue weighted by molar-refractivity contribution is -0.121. The van der Waals surface area contributed by atoms with Crippen LogP contribution in [0.2, 0.25) is 0 Å². The third-order valence-electron chi connectivity index (χ3n) is 5.17. The summed E-state index contributed by atoms with van der Waals surface area (Å²) >= 11 is 0. The Balaban J connectivity index is 1.54. The lowest BCUT2D eigenvalue weighted by Gasteiger charge is -2.18. The van der Waals surface area contributed by atoms with E-state index in [9.17, 15) is 4.79 Å². The van der Waals surface area contributed by atoms with Crippen molar-refractivity contribution < 1.29 is 9.53 Å². The molecule has 2 aliphatic rings. The highest BCUT2D eigenvalue weighted by atomic mass is 16.5. The average Bonchev–Trinajstić information content (AvgIpc) is 3.37. The van der Waals surface area contributed by atoms with E-state index in [-0.39, 0.29) is 24.0 Å². The molecular formula is C19H18N4O2. The smallest absolute Gasteiger partial charge is 0.231 e. The molecule has 126 valence electrons. The van der Waals surface area contributed by atoms with Gasteiger partial charge < -0.3 is 10.1 Å². The van der Waals surface area contributed by atoms with Gasteiger partial charge in [0.25, 0.3) is 0 Å². The maximum absolute atomic E-state index is 12.9. The fourth-order valence-electron chi connectivity index (χ4n) is 3.95. The molecule has 0 radical (unpaired) electrons. The van der Waals surface area contributed by atoms with Gasteiger partial charge in [0, 0.05) is 24.2 Å². The Labute approximate surface area is 144 Å². The molecule has 6 heteroatoms.